The van der Waals surface area contributed by atoms with Crippen molar-refractivity contribution in [2.75, 3.05) is 26.2 Å². The lowest BCUT2D eigenvalue weighted by Gasteiger charge is -2.34. The molecule has 0 bridgehead atoms. The maximum absolute atomic E-state index is 13.2. The summed E-state index contributed by atoms with van der Waals surface area (Å²) >= 11 is 1.45. The number of aromatic amines is 1. The van der Waals surface area contributed by atoms with Crippen LogP contribution in [0.4, 0.5) is 4.39 Å². The van der Waals surface area contributed by atoms with Gasteiger partial charge in [-0.15, -0.1) is 11.3 Å². The smallest absolute Gasteiger partial charge is 0.260 e. The maximum Gasteiger partial charge on any atom is 0.260 e. The van der Waals surface area contributed by atoms with Crippen LogP contribution in [0.15, 0.2) is 58.8 Å². The first-order chi connectivity index (χ1) is 15.2. The molecule has 1 aromatic carbocycles. The van der Waals surface area contributed by atoms with Gasteiger partial charge in [-0.1, -0.05) is 18.2 Å². The van der Waals surface area contributed by atoms with E-state index in [1.54, 1.807) is 12.1 Å². The standard InChI is InChI=1S/C23H22FN5OS/c24-17-6-4-16(5-7-17)19-15-31-23-21(19)22(30)26-20(27-23)14-29-11-9-28(10-12-29)13-18-3-1-2-8-25-18/h1-8,15H,9-14H2,(H,26,27,30). The number of hydrogen-bond acceptors (Lipinski definition) is 6. The minimum atomic E-state index is -0.294. The van der Waals surface area contributed by atoms with E-state index in [0.29, 0.717) is 22.6 Å². The zero-order valence-corrected chi connectivity index (χ0v) is 17.7. The maximum atomic E-state index is 13.2. The quantitative estimate of drug-likeness (QED) is 0.520. The van der Waals surface area contributed by atoms with Crippen LogP contribution in [0.3, 0.4) is 0 Å². The van der Waals surface area contributed by atoms with Crippen molar-refractivity contribution in [3.05, 3.63) is 81.7 Å². The summed E-state index contributed by atoms with van der Waals surface area (Å²) in [5.41, 5.74) is 2.55. The summed E-state index contributed by atoms with van der Waals surface area (Å²) in [6, 6.07) is 12.2. The lowest BCUT2D eigenvalue weighted by atomic mass is 10.1. The van der Waals surface area contributed by atoms with Gasteiger partial charge in [-0.05, 0) is 29.8 Å². The molecular weight excluding hydrogens is 413 g/mol. The first-order valence-electron chi connectivity index (χ1n) is 10.3. The molecule has 1 saturated heterocycles. The van der Waals surface area contributed by atoms with Crippen molar-refractivity contribution in [3.8, 4) is 11.1 Å². The second-order valence-corrected chi connectivity index (χ2v) is 8.58. The Hall–Kier alpha value is -2.94. The lowest BCUT2D eigenvalue weighted by molar-refractivity contribution is 0.119. The van der Waals surface area contributed by atoms with Gasteiger partial charge in [0.1, 0.15) is 16.5 Å². The van der Waals surface area contributed by atoms with Crippen LogP contribution >= 0.6 is 11.3 Å². The van der Waals surface area contributed by atoms with Crippen molar-refractivity contribution < 1.29 is 4.39 Å². The van der Waals surface area contributed by atoms with Gasteiger partial charge in [0.25, 0.3) is 5.56 Å². The van der Waals surface area contributed by atoms with Crippen molar-refractivity contribution in [1.29, 1.82) is 0 Å². The number of nitrogens with zero attached hydrogens (tertiary/aromatic N) is 4. The molecule has 5 rings (SSSR count). The Kier molecular flexibility index (Phi) is 5.59. The van der Waals surface area contributed by atoms with Gasteiger partial charge in [-0.3, -0.25) is 19.6 Å². The van der Waals surface area contributed by atoms with E-state index in [1.165, 1.54) is 23.5 Å². The summed E-state index contributed by atoms with van der Waals surface area (Å²) in [4.78, 5) is 30.3. The molecule has 8 heteroatoms. The molecule has 4 aromatic rings. The number of rotatable bonds is 5. The molecule has 0 unspecified atom stereocenters. The zero-order valence-electron chi connectivity index (χ0n) is 16.9. The third kappa shape index (κ3) is 4.41. The number of halogens is 1. The van der Waals surface area contributed by atoms with Gasteiger partial charge >= 0.3 is 0 Å². The number of thiophene rings is 1. The average molecular weight is 436 g/mol. The summed E-state index contributed by atoms with van der Waals surface area (Å²) in [5.74, 6) is 0.390. The van der Waals surface area contributed by atoms with E-state index in [2.05, 4.69) is 25.8 Å². The Bertz CT molecular complexity index is 1230. The van der Waals surface area contributed by atoms with Crippen molar-refractivity contribution >= 4 is 21.6 Å². The largest absolute Gasteiger partial charge is 0.309 e. The minimum Gasteiger partial charge on any atom is -0.309 e. The van der Waals surface area contributed by atoms with Crippen molar-refractivity contribution in [1.82, 2.24) is 24.8 Å². The van der Waals surface area contributed by atoms with Gasteiger partial charge in [0.05, 0.1) is 17.6 Å². The topological polar surface area (TPSA) is 65.1 Å². The van der Waals surface area contributed by atoms with Crippen LogP contribution in [-0.4, -0.2) is 50.9 Å². The molecule has 1 aliphatic heterocycles. The van der Waals surface area contributed by atoms with Gasteiger partial charge < -0.3 is 4.98 Å². The predicted octanol–water partition coefficient (Wildman–Crippen LogP) is 3.50. The SMILES string of the molecule is O=c1[nH]c(CN2CCN(Cc3ccccn3)CC2)nc2scc(-c3ccc(F)cc3)c12. The van der Waals surface area contributed by atoms with E-state index in [0.717, 1.165) is 49.5 Å². The summed E-state index contributed by atoms with van der Waals surface area (Å²) in [6.07, 6.45) is 1.83. The van der Waals surface area contributed by atoms with Crippen LogP contribution in [0.25, 0.3) is 21.3 Å². The van der Waals surface area contributed by atoms with Gasteiger partial charge in [0.2, 0.25) is 0 Å². The highest BCUT2D eigenvalue weighted by molar-refractivity contribution is 7.17. The van der Waals surface area contributed by atoms with Crippen LogP contribution in [-0.2, 0) is 13.1 Å². The van der Waals surface area contributed by atoms with Crippen LogP contribution in [0.1, 0.15) is 11.5 Å². The van der Waals surface area contributed by atoms with E-state index in [-0.39, 0.29) is 11.4 Å². The Labute approximate surface area is 183 Å². The first-order valence-corrected chi connectivity index (χ1v) is 11.1. The Morgan fingerprint density at radius 1 is 1.00 bits per heavy atom. The molecule has 1 N–H and O–H groups in total. The molecule has 0 saturated carbocycles. The van der Waals surface area contributed by atoms with Gasteiger partial charge in [-0.2, -0.15) is 0 Å². The molecule has 0 atom stereocenters. The normalized spacial score (nSPS) is 15.5. The summed E-state index contributed by atoms with van der Waals surface area (Å²) < 4.78 is 13.2. The summed E-state index contributed by atoms with van der Waals surface area (Å²) in [5, 5.41) is 2.49. The predicted molar refractivity (Wildman–Crippen MR) is 120 cm³/mol. The Morgan fingerprint density at radius 2 is 1.74 bits per heavy atom. The number of piperazine rings is 1. The highest BCUT2D eigenvalue weighted by Gasteiger charge is 2.19. The number of nitrogens with one attached hydrogen (secondary N) is 1. The van der Waals surface area contributed by atoms with Crippen molar-refractivity contribution in [2.24, 2.45) is 0 Å². The Morgan fingerprint density at radius 3 is 2.45 bits per heavy atom. The average Bonchev–Trinajstić information content (AvgIpc) is 3.21. The van der Waals surface area contributed by atoms with E-state index < -0.39 is 0 Å². The number of fused-ring (bicyclic) bond motifs is 1. The van der Waals surface area contributed by atoms with E-state index >= 15 is 0 Å². The Balaban J connectivity index is 1.27. The number of pyridine rings is 1. The van der Waals surface area contributed by atoms with Crippen LogP contribution in [0.2, 0.25) is 0 Å². The second-order valence-electron chi connectivity index (χ2n) is 7.72. The lowest BCUT2D eigenvalue weighted by Crippen LogP contribution is -2.45. The summed E-state index contributed by atoms with van der Waals surface area (Å²) in [7, 11) is 0. The van der Waals surface area contributed by atoms with Gasteiger partial charge in [-0.25, -0.2) is 9.37 Å². The molecule has 4 heterocycles. The number of hydrogen-bond donors (Lipinski definition) is 1. The molecule has 31 heavy (non-hydrogen) atoms. The highest BCUT2D eigenvalue weighted by Crippen LogP contribution is 2.30. The molecule has 0 amide bonds. The fourth-order valence-corrected chi connectivity index (χ4v) is 4.92. The fourth-order valence-electron chi connectivity index (χ4n) is 3.95. The van der Waals surface area contributed by atoms with Gasteiger partial charge in [0.15, 0.2) is 0 Å². The molecule has 0 radical (unpaired) electrons. The molecule has 0 spiro atoms. The van der Waals surface area contributed by atoms with Crippen LogP contribution in [0, 0.1) is 5.82 Å². The van der Waals surface area contributed by atoms with E-state index in [4.69, 9.17) is 4.98 Å². The number of aromatic nitrogens is 3. The van der Waals surface area contributed by atoms with Crippen LogP contribution < -0.4 is 5.56 Å². The number of H-pyrrole nitrogens is 1. The molecule has 1 fully saturated rings. The fraction of sp³-hybridized carbons (Fsp3) is 0.261. The monoisotopic (exact) mass is 435 g/mol. The molecule has 0 aliphatic carbocycles. The van der Waals surface area contributed by atoms with E-state index in [1.807, 2.05) is 23.7 Å². The number of benzene rings is 1. The summed E-state index contributed by atoms with van der Waals surface area (Å²) in [6.45, 7) is 5.22. The molecular formula is C23H22FN5OS. The minimum absolute atomic E-state index is 0.144. The highest BCUT2D eigenvalue weighted by atomic mass is 32.1. The zero-order chi connectivity index (χ0) is 21.2. The van der Waals surface area contributed by atoms with E-state index in [9.17, 15) is 9.18 Å². The third-order valence-corrected chi connectivity index (χ3v) is 6.47. The van der Waals surface area contributed by atoms with Gasteiger partial charge in [0, 0.05) is 49.9 Å². The first kappa shape index (κ1) is 20.0. The third-order valence-electron chi connectivity index (χ3n) is 5.60. The molecule has 158 valence electrons. The van der Waals surface area contributed by atoms with Crippen molar-refractivity contribution in [3.63, 3.8) is 0 Å². The van der Waals surface area contributed by atoms with Crippen molar-refractivity contribution in [2.45, 2.75) is 13.1 Å². The molecule has 1 aliphatic rings. The molecule has 6 nitrogen and oxygen atoms in total. The molecule has 3 aromatic heterocycles. The second kappa shape index (κ2) is 8.66. The van der Waals surface area contributed by atoms with Crippen LogP contribution in [0.5, 0.6) is 0 Å².